The molecule has 0 radical (unpaired) electrons. The third-order valence-corrected chi connectivity index (χ3v) is 4.38. The molecule has 1 aromatic carbocycles. The van der Waals surface area contributed by atoms with Gasteiger partial charge in [-0.3, -0.25) is 0 Å². The molecule has 4 nitrogen and oxygen atoms in total. The van der Waals surface area contributed by atoms with Crippen LogP contribution in [0.15, 0.2) is 42.6 Å². The second kappa shape index (κ2) is 7.15. The standard InChI is InChI=1S/C19H22N4/c1-22(19-10-7-17(13-20)21-14-19)15-16-5-8-18(9-6-16)23-11-3-2-4-12-23/h5-10,14H,2-4,11-12,15H2,1H3. The Morgan fingerprint density at radius 2 is 1.83 bits per heavy atom. The SMILES string of the molecule is CN(Cc1ccc(N2CCCCC2)cc1)c1ccc(C#N)nc1. The highest BCUT2D eigenvalue weighted by molar-refractivity contribution is 5.50. The topological polar surface area (TPSA) is 43.2 Å². The predicted octanol–water partition coefficient (Wildman–Crippen LogP) is 3.58. The van der Waals surface area contributed by atoms with E-state index < -0.39 is 0 Å². The van der Waals surface area contributed by atoms with Crippen molar-refractivity contribution in [3.8, 4) is 6.07 Å². The number of nitriles is 1. The van der Waals surface area contributed by atoms with Crippen molar-refractivity contribution in [1.29, 1.82) is 5.26 Å². The Morgan fingerprint density at radius 3 is 2.43 bits per heavy atom. The minimum atomic E-state index is 0.452. The molecule has 2 aromatic rings. The predicted molar refractivity (Wildman–Crippen MR) is 93.6 cm³/mol. The molecule has 23 heavy (non-hydrogen) atoms. The molecule has 1 fully saturated rings. The van der Waals surface area contributed by atoms with Gasteiger partial charge in [0.15, 0.2) is 0 Å². The van der Waals surface area contributed by atoms with E-state index in [-0.39, 0.29) is 0 Å². The second-order valence-electron chi connectivity index (χ2n) is 6.08. The Labute approximate surface area is 138 Å². The van der Waals surface area contributed by atoms with Crippen molar-refractivity contribution in [3.05, 3.63) is 53.9 Å². The van der Waals surface area contributed by atoms with Gasteiger partial charge in [-0.05, 0) is 49.1 Å². The van der Waals surface area contributed by atoms with E-state index in [1.807, 2.05) is 19.2 Å². The molecule has 1 aromatic heterocycles. The van der Waals surface area contributed by atoms with Crippen molar-refractivity contribution < 1.29 is 0 Å². The average molecular weight is 306 g/mol. The largest absolute Gasteiger partial charge is 0.372 e. The minimum absolute atomic E-state index is 0.452. The number of benzene rings is 1. The highest BCUT2D eigenvalue weighted by Gasteiger charge is 2.11. The highest BCUT2D eigenvalue weighted by atomic mass is 15.1. The summed E-state index contributed by atoms with van der Waals surface area (Å²) < 4.78 is 0. The molecule has 0 N–H and O–H groups in total. The molecule has 1 saturated heterocycles. The van der Waals surface area contributed by atoms with E-state index in [1.54, 1.807) is 12.3 Å². The first-order valence-electron chi connectivity index (χ1n) is 8.17. The molecule has 118 valence electrons. The first-order chi connectivity index (χ1) is 11.3. The number of anilines is 2. The number of pyridine rings is 1. The van der Waals surface area contributed by atoms with Crippen LogP contribution in [0.3, 0.4) is 0 Å². The summed E-state index contributed by atoms with van der Waals surface area (Å²) in [7, 11) is 2.04. The quantitative estimate of drug-likeness (QED) is 0.866. The van der Waals surface area contributed by atoms with Crippen LogP contribution in [-0.4, -0.2) is 25.1 Å². The molecule has 0 spiro atoms. The summed E-state index contributed by atoms with van der Waals surface area (Å²) in [5.41, 5.74) is 4.07. The van der Waals surface area contributed by atoms with E-state index in [0.29, 0.717) is 5.69 Å². The van der Waals surface area contributed by atoms with E-state index in [0.717, 1.165) is 12.2 Å². The molecule has 0 amide bonds. The van der Waals surface area contributed by atoms with Crippen LogP contribution in [-0.2, 0) is 6.54 Å². The van der Waals surface area contributed by atoms with Crippen LogP contribution in [0.25, 0.3) is 0 Å². The zero-order chi connectivity index (χ0) is 16.1. The van der Waals surface area contributed by atoms with Gasteiger partial charge in [-0.25, -0.2) is 4.98 Å². The number of aromatic nitrogens is 1. The summed E-state index contributed by atoms with van der Waals surface area (Å²) in [6.45, 7) is 3.18. The summed E-state index contributed by atoms with van der Waals surface area (Å²) >= 11 is 0. The van der Waals surface area contributed by atoms with Crippen LogP contribution in [0.1, 0.15) is 30.5 Å². The smallest absolute Gasteiger partial charge is 0.140 e. The Kier molecular flexibility index (Phi) is 4.77. The van der Waals surface area contributed by atoms with Gasteiger partial charge in [-0.1, -0.05) is 12.1 Å². The number of nitrogens with zero attached hydrogens (tertiary/aromatic N) is 4. The van der Waals surface area contributed by atoms with Gasteiger partial charge in [-0.15, -0.1) is 0 Å². The lowest BCUT2D eigenvalue weighted by molar-refractivity contribution is 0.578. The number of hydrogen-bond acceptors (Lipinski definition) is 4. The number of piperidine rings is 1. The maximum absolute atomic E-state index is 8.81. The highest BCUT2D eigenvalue weighted by Crippen LogP contribution is 2.21. The zero-order valence-corrected chi connectivity index (χ0v) is 13.6. The fourth-order valence-electron chi connectivity index (χ4n) is 3.01. The van der Waals surface area contributed by atoms with Crippen molar-refractivity contribution in [3.63, 3.8) is 0 Å². The van der Waals surface area contributed by atoms with Gasteiger partial charge < -0.3 is 9.80 Å². The maximum Gasteiger partial charge on any atom is 0.140 e. The molecule has 4 heteroatoms. The van der Waals surface area contributed by atoms with Crippen molar-refractivity contribution >= 4 is 11.4 Å². The molecule has 3 rings (SSSR count). The molecule has 0 unspecified atom stereocenters. The summed E-state index contributed by atoms with van der Waals surface area (Å²) in [4.78, 5) is 8.74. The van der Waals surface area contributed by atoms with E-state index in [2.05, 4.69) is 39.0 Å². The van der Waals surface area contributed by atoms with Gasteiger partial charge in [0.25, 0.3) is 0 Å². The van der Waals surface area contributed by atoms with Gasteiger partial charge in [0.2, 0.25) is 0 Å². The summed E-state index contributed by atoms with van der Waals surface area (Å²) in [5, 5.41) is 8.81. The monoisotopic (exact) mass is 306 g/mol. The fourth-order valence-corrected chi connectivity index (χ4v) is 3.01. The van der Waals surface area contributed by atoms with Gasteiger partial charge in [0, 0.05) is 32.4 Å². The van der Waals surface area contributed by atoms with Crippen molar-refractivity contribution in [2.75, 3.05) is 29.9 Å². The molecule has 0 saturated carbocycles. The zero-order valence-electron chi connectivity index (χ0n) is 13.6. The lowest BCUT2D eigenvalue weighted by atomic mass is 10.1. The van der Waals surface area contributed by atoms with E-state index in [1.165, 1.54) is 43.6 Å². The summed E-state index contributed by atoms with van der Waals surface area (Å²) in [5.74, 6) is 0. The first kappa shape index (κ1) is 15.4. The van der Waals surface area contributed by atoms with Crippen molar-refractivity contribution in [2.45, 2.75) is 25.8 Å². The molecular formula is C19H22N4. The normalized spacial score (nSPS) is 14.3. The van der Waals surface area contributed by atoms with Gasteiger partial charge in [-0.2, -0.15) is 5.26 Å². The molecular weight excluding hydrogens is 284 g/mol. The Hall–Kier alpha value is -2.54. The van der Waals surface area contributed by atoms with Crippen LogP contribution >= 0.6 is 0 Å². The lowest BCUT2D eigenvalue weighted by Gasteiger charge is -2.29. The Balaban J connectivity index is 1.64. The second-order valence-corrected chi connectivity index (χ2v) is 6.08. The lowest BCUT2D eigenvalue weighted by Crippen LogP contribution is -2.29. The Morgan fingerprint density at radius 1 is 1.09 bits per heavy atom. The van der Waals surface area contributed by atoms with E-state index in [4.69, 9.17) is 5.26 Å². The third-order valence-electron chi connectivity index (χ3n) is 4.38. The van der Waals surface area contributed by atoms with Crippen LogP contribution in [0.5, 0.6) is 0 Å². The van der Waals surface area contributed by atoms with E-state index >= 15 is 0 Å². The van der Waals surface area contributed by atoms with Crippen LogP contribution in [0.2, 0.25) is 0 Å². The third kappa shape index (κ3) is 3.81. The minimum Gasteiger partial charge on any atom is -0.372 e. The molecule has 1 aliphatic heterocycles. The van der Waals surface area contributed by atoms with Crippen molar-refractivity contribution in [2.24, 2.45) is 0 Å². The van der Waals surface area contributed by atoms with Gasteiger partial charge in [0.1, 0.15) is 11.8 Å². The van der Waals surface area contributed by atoms with E-state index in [9.17, 15) is 0 Å². The average Bonchev–Trinajstić information content (AvgIpc) is 2.63. The van der Waals surface area contributed by atoms with Crippen LogP contribution in [0, 0.1) is 11.3 Å². The molecule has 0 aliphatic carbocycles. The maximum atomic E-state index is 8.81. The van der Waals surface area contributed by atoms with Crippen molar-refractivity contribution in [1.82, 2.24) is 4.98 Å². The summed E-state index contributed by atoms with van der Waals surface area (Å²) in [6.07, 6.45) is 5.71. The number of rotatable bonds is 4. The molecule has 2 heterocycles. The molecule has 1 aliphatic rings. The van der Waals surface area contributed by atoms with Gasteiger partial charge >= 0.3 is 0 Å². The molecule has 0 bridgehead atoms. The van der Waals surface area contributed by atoms with Gasteiger partial charge in [0.05, 0.1) is 11.9 Å². The molecule has 0 atom stereocenters. The Bertz CT molecular complexity index is 664. The fraction of sp³-hybridized carbons (Fsp3) is 0.368. The van der Waals surface area contributed by atoms with Crippen LogP contribution < -0.4 is 9.80 Å². The first-order valence-corrected chi connectivity index (χ1v) is 8.17. The summed E-state index contributed by atoms with van der Waals surface area (Å²) in [6, 6.07) is 14.6. The number of hydrogen-bond donors (Lipinski definition) is 0. The van der Waals surface area contributed by atoms with Crippen LogP contribution in [0.4, 0.5) is 11.4 Å².